The molecule has 0 aromatic heterocycles. The maximum Gasteiger partial charge on any atom is 0.302 e. The van der Waals surface area contributed by atoms with Crippen LogP contribution in [0, 0.1) is 0 Å². The summed E-state index contributed by atoms with van der Waals surface area (Å²) >= 11 is 0. The Kier molecular flexibility index (Phi) is 2.02. The van der Waals surface area contributed by atoms with Gasteiger partial charge in [-0.2, -0.15) is 0 Å². The van der Waals surface area contributed by atoms with E-state index in [1.54, 1.807) is 0 Å². The van der Waals surface area contributed by atoms with Gasteiger partial charge in [-0.25, -0.2) is 0 Å². The van der Waals surface area contributed by atoms with Crippen LogP contribution in [0.15, 0.2) is 0 Å². The van der Waals surface area contributed by atoms with Crippen LogP contribution >= 0.6 is 0 Å². The molecule has 0 fully saturated rings. The zero-order valence-electron chi connectivity index (χ0n) is 7.94. The van der Waals surface area contributed by atoms with Gasteiger partial charge >= 0.3 is 5.97 Å². The second-order valence-electron chi connectivity index (χ2n) is 1.49. The maximum atomic E-state index is 10.6. The second-order valence-corrected chi connectivity index (χ2v) is 1.49. The van der Waals surface area contributed by atoms with Gasteiger partial charge in [-0.1, -0.05) is 13.3 Å². The molecule has 0 bridgehead atoms. The number of ether oxygens (including phenoxy) is 1. The minimum Gasteiger partial charge on any atom is -0.466 e. The Balaban J connectivity index is 3.54. The lowest BCUT2D eigenvalue weighted by atomic mass is 10.4. The highest BCUT2D eigenvalue weighted by Gasteiger charge is 1.88. The van der Waals surface area contributed by atoms with E-state index in [0.29, 0.717) is 6.42 Å². The van der Waals surface area contributed by atoms with E-state index in [-0.39, 0.29) is 6.61 Å². The summed E-state index contributed by atoms with van der Waals surface area (Å²) in [5, 5.41) is 0. The van der Waals surface area contributed by atoms with Crippen molar-refractivity contribution in [2.75, 3.05) is 6.61 Å². The molecule has 0 spiro atoms. The van der Waals surface area contributed by atoms with Gasteiger partial charge in [0, 0.05) is 11.0 Å². The van der Waals surface area contributed by atoms with Crippen molar-refractivity contribution >= 4 is 5.97 Å². The fraction of sp³-hybridized carbons (Fsp3) is 0.833. The van der Waals surface area contributed by atoms with E-state index >= 15 is 0 Å². The van der Waals surface area contributed by atoms with E-state index in [4.69, 9.17) is 4.11 Å². The van der Waals surface area contributed by atoms with Gasteiger partial charge in [-0.05, 0) is 6.42 Å². The first-order valence-corrected chi connectivity index (χ1v) is 2.65. The van der Waals surface area contributed by atoms with Gasteiger partial charge in [0.05, 0.1) is 6.61 Å². The van der Waals surface area contributed by atoms with Crippen molar-refractivity contribution in [1.82, 2.24) is 0 Å². The number of hydrogen-bond donors (Lipinski definition) is 0. The molecule has 2 nitrogen and oxygen atoms in total. The summed E-state index contributed by atoms with van der Waals surface area (Å²) in [4.78, 5) is 10.6. The Bertz CT molecular complexity index is 130. The van der Waals surface area contributed by atoms with Gasteiger partial charge in [0.1, 0.15) is 0 Å². The predicted octanol–water partition coefficient (Wildman–Crippen LogP) is 1.35. The highest BCUT2D eigenvalue weighted by Crippen LogP contribution is 1.86. The molecule has 8 heavy (non-hydrogen) atoms. The number of unbranched alkanes of at least 4 members (excludes halogenated alkanes) is 1. The molecule has 0 rings (SSSR count). The van der Waals surface area contributed by atoms with Crippen LogP contribution in [-0.4, -0.2) is 12.6 Å². The average molecular weight is 119 g/mol. The van der Waals surface area contributed by atoms with E-state index in [1.165, 1.54) is 0 Å². The lowest BCUT2D eigenvalue weighted by Gasteiger charge is -1.96. The number of rotatable bonds is 3. The van der Waals surface area contributed by atoms with Crippen molar-refractivity contribution < 1.29 is 13.6 Å². The fourth-order valence-corrected chi connectivity index (χ4v) is 0.309. The van der Waals surface area contributed by atoms with Crippen LogP contribution in [0.2, 0.25) is 0 Å². The summed E-state index contributed by atoms with van der Waals surface area (Å²) in [7, 11) is 0. The zero-order valence-corrected chi connectivity index (χ0v) is 4.94. The minimum atomic E-state index is -2.60. The van der Waals surface area contributed by atoms with Crippen LogP contribution in [0.5, 0.6) is 0 Å². The van der Waals surface area contributed by atoms with E-state index < -0.39 is 12.8 Å². The van der Waals surface area contributed by atoms with E-state index in [2.05, 4.69) is 4.74 Å². The first-order chi connectivity index (χ1) is 4.98. The van der Waals surface area contributed by atoms with Gasteiger partial charge in [0.25, 0.3) is 0 Å². The van der Waals surface area contributed by atoms with Crippen LogP contribution in [0.3, 0.4) is 0 Å². The predicted molar refractivity (Wildman–Crippen MR) is 31.5 cm³/mol. The van der Waals surface area contributed by atoms with E-state index in [0.717, 1.165) is 6.42 Å². The summed E-state index contributed by atoms with van der Waals surface area (Å²) in [6.45, 7) is -0.468. The molecule has 0 aliphatic heterocycles. The van der Waals surface area contributed by atoms with Gasteiger partial charge in [-0.3, -0.25) is 4.79 Å². The molecule has 48 valence electrons. The van der Waals surface area contributed by atoms with E-state index in [1.807, 2.05) is 6.92 Å². The Hall–Kier alpha value is -0.530. The summed E-state index contributed by atoms with van der Waals surface area (Å²) in [6.07, 6.45) is 1.59. The van der Waals surface area contributed by atoms with E-state index in [9.17, 15) is 4.79 Å². The van der Waals surface area contributed by atoms with Gasteiger partial charge in [-0.15, -0.1) is 0 Å². The normalized spacial score (nSPS) is 15.9. The van der Waals surface area contributed by atoms with Crippen molar-refractivity contribution in [1.29, 1.82) is 0 Å². The Labute approximate surface area is 54.1 Å². The maximum absolute atomic E-state index is 10.6. The second kappa shape index (κ2) is 4.62. The van der Waals surface area contributed by atoms with Crippen molar-refractivity contribution in [2.24, 2.45) is 0 Å². The molecule has 0 heterocycles. The smallest absolute Gasteiger partial charge is 0.302 e. The molecule has 0 saturated heterocycles. The summed E-state index contributed by atoms with van der Waals surface area (Å²) in [5.41, 5.74) is 0. The molecule has 0 unspecified atom stereocenters. The van der Waals surface area contributed by atoms with Gasteiger partial charge in [0.15, 0.2) is 0 Å². The Morgan fingerprint density at radius 2 is 2.62 bits per heavy atom. The van der Waals surface area contributed by atoms with Crippen molar-refractivity contribution in [3.8, 4) is 0 Å². The monoisotopic (exact) mass is 119 g/mol. The molecule has 0 amide bonds. The van der Waals surface area contributed by atoms with Crippen LogP contribution in [0.25, 0.3) is 0 Å². The highest BCUT2D eigenvalue weighted by molar-refractivity contribution is 5.65. The standard InChI is InChI=1S/C6H12O2/c1-3-4-5-8-6(2)7/h3-5H2,1-2H3/i2D3. The quantitative estimate of drug-likeness (QED) is 0.414. The first-order valence-electron chi connectivity index (χ1n) is 4.15. The number of hydrogen-bond acceptors (Lipinski definition) is 2. The molecule has 0 radical (unpaired) electrons. The zero-order chi connectivity index (χ0) is 8.91. The van der Waals surface area contributed by atoms with Crippen molar-refractivity contribution in [3.05, 3.63) is 0 Å². The molecule has 0 aromatic rings. The molecule has 0 saturated carbocycles. The number of esters is 1. The average Bonchev–Trinajstić information content (AvgIpc) is 1.86. The van der Waals surface area contributed by atoms with Crippen molar-refractivity contribution in [3.63, 3.8) is 0 Å². The summed E-state index contributed by atoms with van der Waals surface area (Å²) in [5.74, 6) is -1.11. The molecule has 0 N–H and O–H groups in total. The first kappa shape index (κ1) is 3.49. The topological polar surface area (TPSA) is 26.3 Å². The van der Waals surface area contributed by atoms with Crippen LogP contribution in [-0.2, 0) is 9.53 Å². The van der Waals surface area contributed by atoms with Gasteiger partial charge < -0.3 is 4.74 Å². The summed E-state index contributed by atoms with van der Waals surface area (Å²) in [6, 6.07) is 0. The largest absolute Gasteiger partial charge is 0.466 e. The fourth-order valence-electron chi connectivity index (χ4n) is 0.309. The SMILES string of the molecule is [2H]C([2H])([2H])C(=O)OCCCC. The van der Waals surface area contributed by atoms with Crippen LogP contribution in [0.4, 0.5) is 0 Å². The Morgan fingerprint density at radius 1 is 1.88 bits per heavy atom. The molecule has 2 heteroatoms. The third kappa shape index (κ3) is 5.47. The van der Waals surface area contributed by atoms with Crippen molar-refractivity contribution in [2.45, 2.75) is 26.6 Å². The summed E-state index contributed by atoms with van der Waals surface area (Å²) < 4.78 is 24.3. The molecular weight excluding hydrogens is 104 g/mol. The Morgan fingerprint density at radius 3 is 3.12 bits per heavy atom. The lowest BCUT2D eigenvalue weighted by molar-refractivity contribution is -0.141. The number of carbonyl (C=O) groups is 1. The third-order valence-corrected chi connectivity index (χ3v) is 0.731. The van der Waals surface area contributed by atoms with Crippen LogP contribution < -0.4 is 0 Å². The molecule has 0 aliphatic rings. The van der Waals surface area contributed by atoms with Gasteiger partial charge in [0.2, 0.25) is 0 Å². The number of carbonyl (C=O) groups excluding carboxylic acids is 1. The lowest BCUT2D eigenvalue weighted by Crippen LogP contribution is -1.99. The molecular formula is C6H12O2. The third-order valence-electron chi connectivity index (χ3n) is 0.731. The molecule has 0 aromatic carbocycles. The highest BCUT2D eigenvalue weighted by atomic mass is 16.5. The minimum absolute atomic E-state index is 0.202. The molecule has 0 atom stereocenters. The van der Waals surface area contributed by atoms with Crippen LogP contribution in [0.1, 0.15) is 30.7 Å². The molecule has 0 aliphatic carbocycles.